The molecule has 0 radical (unpaired) electrons. The number of hydrogen-bond donors (Lipinski definition) is 0. The van der Waals surface area contributed by atoms with E-state index in [1.54, 1.807) is 7.11 Å². The first-order chi connectivity index (χ1) is 12.6. The van der Waals surface area contributed by atoms with E-state index in [1.165, 1.54) is 5.56 Å². The van der Waals surface area contributed by atoms with Crippen molar-refractivity contribution in [1.82, 2.24) is 0 Å². The van der Waals surface area contributed by atoms with Gasteiger partial charge in [0.15, 0.2) is 0 Å². The zero-order valence-electron chi connectivity index (χ0n) is 15.3. The molecule has 3 rings (SSSR count). The molecule has 2 aromatic rings. The first-order valence-corrected chi connectivity index (χ1v) is 10.4. The van der Waals surface area contributed by atoms with Crippen LogP contribution in [0.15, 0.2) is 48.5 Å². The van der Waals surface area contributed by atoms with E-state index >= 15 is 0 Å². The molecule has 0 aromatic heterocycles. The number of para-hydroxylation sites is 1. The minimum atomic E-state index is -1.17. The van der Waals surface area contributed by atoms with Gasteiger partial charge < -0.3 is 9.64 Å². The Morgan fingerprint density at radius 1 is 1.19 bits per heavy atom. The molecule has 2 unspecified atom stereocenters. The van der Waals surface area contributed by atoms with Crippen LogP contribution in [0.1, 0.15) is 24.5 Å². The molecule has 2 atom stereocenters. The van der Waals surface area contributed by atoms with Gasteiger partial charge in [0.2, 0.25) is 5.91 Å². The number of benzene rings is 2. The second-order valence-electron chi connectivity index (χ2n) is 6.67. The first kappa shape index (κ1) is 18.6. The number of carbonyl (C=O) groups excluding carboxylic acids is 1. The summed E-state index contributed by atoms with van der Waals surface area (Å²) in [4.78, 5) is 14.6. The Kier molecular flexibility index (Phi) is 6.09. The van der Waals surface area contributed by atoms with Crippen molar-refractivity contribution in [2.24, 2.45) is 0 Å². The molecule has 0 fully saturated rings. The molecule has 2 aromatic carbocycles. The molecule has 0 spiro atoms. The first-order valence-electron chi connectivity index (χ1n) is 8.96. The van der Waals surface area contributed by atoms with Gasteiger partial charge in [0.05, 0.1) is 7.11 Å². The number of rotatable bonds is 6. The predicted octanol–water partition coefficient (Wildman–Crippen LogP) is 3.35. The van der Waals surface area contributed by atoms with Crippen molar-refractivity contribution in [3.8, 4) is 5.75 Å². The molecular formula is C21H25NO3S. The lowest BCUT2D eigenvalue weighted by molar-refractivity contribution is -0.116. The highest BCUT2D eigenvalue weighted by Gasteiger charge is 2.28. The van der Waals surface area contributed by atoms with Crippen LogP contribution in [0.5, 0.6) is 5.75 Å². The lowest BCUT2D eigenvalue weighted by Crippen LogP contribution is -2.44. The van der Waals surface area contributed by atoms with Crippen molar-refractivity contribution in [3.63, 3.8) is 0 Å². The maximum Gasteiger partial charge on any atom is 0.239 e. The summed E-state index contributed by atoms with van der Waals surface area (Å²) in [6, 6.07) is 15.9. The van der Waals surface area contributed by atoms with Crippen LogP contribution in [0.2, 0.25) is 0 Å². The summed E-state index contributed by atoms with van der Waals surface area (Å²) in [5, 5.41) is 0. The highest BCUT2D eigenvalue weighted by Crippen LogP contribution is 2.30. The zero-order chi connectivity index (χ0) is 18.5. The van der Waals surface area contributed by atoms with Crippen LogP contribution in [-0.2, 0) is 28.4 Å². The predicted molar refractivity (Wildman–Crippen MR) is 106 cm³/mol. The van der Waals surface area contributed by atoms with Crippen LogP contribution in [0.25, 0.3) is 0 Å². The van der Waals surface area contributed by atoms with E-state index in [4.69, 9.17) is 4.74 Å². The van der Waals surface area contributed by atoms with E-state index in [0.717, 1.165) is 29.8 Å². The lowest BCUT2D eigenvalue weighted by atomic mass is 9.97. The van der Waals surface area contributed by atoms with Crippen LogP contribution in [0.4, 0.5) is 5.69 Å². The Balaban J connectivity index is 1.59. The number of anilines is 1. The van der Waals surface area contributed by atoms with Crippen molar-refractivity contribution in [2.75, 3.05) is 23.5 Å². The average Bonchev–Trinajstić information content (AvgIpc) is 2.66. The van der Waals surface area contributed by atoms with Gasteiger partial charge in [-0.1, -0.05) is 30.3 Å². The molecule has 0 N–H and O–H groups in total. The number of amides is 1. The van der Waals surface area contributed by atoms with Crippen molar-refractivity contribution >= 4 is 22.4 Å². The molecule has 4 nitrogen and oxygen atoms in total. The molecule has 26 heavy (non-hydrogen) atoms. The Bertz CT molecular complexity index is 788. The molecule has 138 valence electrons. The van der Waals surface area contributed by atoms with Gasteiger partial charge >= 0.3 is 0 Å². The quantitative estimate of drug-likeness (QED) is 0.782. The summed E-state index contributed by atoms with van der Waals surface area (Å²) >= 11 is 0. The van der Waals surface area contributed by atoms with Gasteiger partial charge in [-0.2, -0.15) is 0 Å². The van der Waals surface area contributed by atoms with Crippen LogP contribution in [-0.4, -0.2) is 34.8 Å². The number of aryl methyl sites for hydroxylation is 2. The molecule has 0 saturated heterocycles. The van der Waals surface area contributed by atoms with Crippen molar-refractivity contribution in [1.29, 1.82) is 0 Å². The lowest BCUT2D eigenvalue weighted by Gasteiger charge is -2.35. The molecule has 0 saturated carbocycles. The molecule has 0 aliphatic carbocycles. The Labute approximate surface area is 157 Å². The van der Waals surface area contributed by atoms with Crippen LogP contribution >= 0.6 is 0 Å². The standard InChI is InChI=1S/C21H25NO3S/c1-16-7-10-18-5-3-4-6-20(18)22(16)21(23)15-26(24)14-13-17-8-11-19(25-2)12-9-17/h3-6,8-9,11-12,16H,7,10,13-15H2,1-2H3. The third kappa shape index (κ3) is 4.33. The molecule has 5 heteroatoms. The van der Waals surface area contributed by atoms with Gasteiger partial charge in [-0.3, -0.25) is 9.00 Å². The third-order valence-corrected chi connectivity index (χ3v) is 6.08. The number of ether oxygens (including phenoxy) is 1. The summed E-state index contributed by atoms with van der Waals surface area (Å²) in [7, 11) is 0.461. The van der Waals surface area contributed by atoms with Crippen LogP contribution in [0.3, 0.4) is 0 Å². The van der Waals surface area contributed by atoms with E-state index in [-0.39, 0.29) is 17.7 Å². The second kappa shape index (κ2) is 8.49. The third-order valence-electron chi connectivity index (χ3n) is 4.85. The number of carbonyl (C=O) groups is 1. The monoisotopic (exact) mass is 371 g/mol. The summed E-state index contributed by atoms with van der Waals surface area (Å²) < 4.78 is 17.6. The SMILES string of the molecule is COc1ccc(CCS(=O)CC(=O)N2c3ccccc3CCC2C)cc1. The largest absolute Gasteiger partial charge is 0.497 e. The van der Waals surface area contributed by atoms with Gasteiger partial charge in [0.1, 0.15) is 11.5 Å². The van der Waals surface area contributed by atoms with Crippen molar-refractivity contribution < 1.29 is 13.7 Å². The highest BCUT2D eigenvalue weighted by molar-refractivity contribution is 7.85. The zero-order valence-corrected chi connectivity index (χ0v) is 16.1. The number of methoxy groups -OCH3 is 1. The summed E-state index contributed by atoms with van der Waals surface area (Å²) in [5.74, 6) is 1.33. The van der Waals surface area contributed by atoms with Crippen LogP contribution in [0, 0.1) is 0 Å². The molecule has 1 aliphatic rings. The minimum absolute atomic E-state index is 0.0438. The van der Waals surface area contributed by atoms with Crippen LogP contribution < -0.4 is 9.64 Å². The van der Waals surface area contributed by atoms with Gasteiger partial charge in [-0.25, -0.2) is 0 Å². The van der Waals surface area contributed by atoms with E-state index < -0.39 is 10.8 Å². The number of fused-ring (bicyclic) bond motifs is 1. The fourth-order valence-electron chi connectivity index (χ4n) is 3.37. The van der Waals surface area contributed by atoms with Gasteiger partial charge in [0, 0.05) is 28.3 Å². The molecule has 1 amide bonds. The second-order valence-corrected chi connectivity index (χ2v) is 8.24. The van der Waals surface area contributed by atoms with Crippen molar-refractivity contribution in [2.45, 2.75) is 32.2 Å². The molecular weight excluding hydrogens is 346 g/mol. The van der Waals surface area contributed by atoms with Gasteiger partial charge in [-0.05, 0) is 55.5 Å². The highest BCUT2D eigenvalue weighted by atomic mass is 32.2. The fourth-order valence-corrected chi connectivity index (χ4v) is 4.39. The molecule has 1 aliphatic heterocycles. The van der Waals surface area contributed by atoms with Gasteiger partial charge in [-0.15, -0.1) is 0 Å². The maximum atomic E-state index is 12.8. The minimum Gasteiger partial charge on any atom is -0.497 e. The Morgan fingerprint density at radius 3 is 2.65 bits per heavy atom. The Hall–Kier alpha value is -2.14. The normalized spacial score (nSPS) is 17.5. The molecule has 0 bridgehead atoms. The Morgan fingerprint density at radius 2 is 1.92 bits per heavy atom. The van der Waals surface area contributed by atoms with E-state index in [1.807, 2.05) is 47.4 Å². The molecule has 1 heterocycles. The number of hydrogen-bond acceptors (Lipinski definition) is 3. The topological polar surface area (TPSA) is 46.6 Å². The van der Waals surface area contributed by atoms with E-state index in [0.29, 0.717) is 12.2 Å². The average molecular weight is 372 g/mol. The van der Waals surface area contributed by atoms with Gasteiger partial charge in [0.25, 0.3) is 0 Å². The maximum absolute atomic E-state index is 12.8. The van der Waals surface area contributed by atoms with E-state index in [9.17, 15) is 9.00 Å². The number of nitrogens with zero attached hydrogens (tertiary/aromatic N) is 1. The summed E-state index contributed by atoms with van der Waals surface area (Å²) in [5.41, 5.74) is 3.27. The van der Waals surface area contributed by atoms with E-state index in [2.05, 4.69) is 13.0 Å². The summed E-state index contributed by atoms with van der Waals surface area (Å²) in [6.07, 6.45) is 2.62. The fraction of sp³-hybridized carbons (Fsp3) is 0.381. The van der Waals surface area contributed by atoms with Crippen molar-refractivity contribution in [3.05, 3.63) is 59.7 Å². The smallest absolute Gasteiger partial charge is 0.239 e. The summed E-state index contributed by atoms with van der Waals surface area (Å²) in [6.45, 7) is 2.06.